The summed E-state index contributed by atoms with van der Waals surface area (Å²) in [7, 11) is -2.23. The fourth-order valence-corrected chi connectivity index (χ4v) is 5.24. The minimum Gasteiger partial charge on any atom is -0.497 e. The van der Waals surface area contributed by atoms with Crippen molar-refractivity contribution in [2.45, 2.75) is 24.3 Å². The molecule has 0 bridgehead atoms. The number of nitrogens with one attached hydrogen (secondary N) is 1. The second-order valence-corrected chi connectivity index (χ2v) is 9.85. The molecule has 10 nitrogen and oxygen atoms in total. The molecule has 0 saturated carbocycles. The van der Waals surface area contributed by atoms with Gasteiger partial charge in [-0.3, -0.25) is 9.59 Å². The Morgan fingerprint density at radius 1 is 1.09 bits per heavy atom. The monoisotopic (exact) mass is 489 g/mol. The highest BCUT2D eigenvalue weighted by atomic mass is 32.2. The van der Waals surface area contributed by atoms with E-state index in [-0.39, 0.29) is 49.5 Å². The third kappa shape index (κ3) is 4.95. The largest absolute Gasteiger partial charge is 0.497 e. The molecule has 2 aliphatic rings. The number of carbonyl (C=O) groups excluding carboxylic acids is 2. The first-order valence-electron chi connectivity index (χ1n) is 11.0. The van der Waals surface area contributed by atoms with E-state index >= 15 is 0 Å². The molecule has 11 heteroatoms. The Bertz CT molecular complexity index is 1160. The SMILES string of the molecule is CC[C@@H]1Oc2ccc(S(=O)(=O)N3CCN(C(=O)COc4ccc(OC)cc4)CC3)cc2NC1=O. The first kappa shape index (κ1) is 23.8. The number of carbonyl (C=O) groups is 2. The number of benzene rings is 2. The number of methoxy groups -OCH3 is 1. The molecule has 1 fully saturated rings. The van der Waals surface area contributed by atoms with Crippen LogP contribution in [0.5, 0.6) is 17.2 Å². The van der Waals surface area contributed by atoms with Crippen molar-refractivity contribution < 1.29 is 32.2 Å². The number of piperazine rings is 1. The predicted molar refractivity (Wildman–Crippen MR) is 124 cm³/mol. The molecule has 1 saturated heterocycles. The van der Waals surface area contributed by atoms with Crippen LogP contribution in [0.2, 0.25) is 0 Å². The Morgan fingerprint density at radius 2 is 1.76 bits per heavy atom. The van der Waals surface area contributed by atoms with Gasteiger partial charge in [-0.2, -0.15) is 4.31 Å². The summed E-state index contributed by atoms with van der Waals surface area (Å²) in [5.41, 5.74) is 0.334. The van der Waals surface area contributed by atoms with E-state index in [9.17, 15) is 18.0 Å². The summed E-state index contributed by atoms with van der Waals surface area (Å²) in [6, 6.07) is 11.3. The topological polar surface area (TPSA) is 114 Å². The lowest BCUT2D eigenvalue weighted by atomic mass is 10.2. The molecule has 2 aromatic rings. The van der Waals surface area contributed by atoms with Crippen LogP contribution in [0.3, 0.4) is 0 Å². The van der Waals surface area contributed by atoms with Crippen LogP contribution in [0.4, 0.5) is 5.69 Å². The van der Waals surface area contributed by atoms with Crippen LogP contribution < -0.4 is 19.5 Å². The molecule has 0 aliphatic carbocycles. The molecule has 0 unspecified atom stereocenters. The van der Waals surface area contributed by atoms with Crippen molar-refractivity contribution >= 4 is 27.5 Å². The number of amides is 2. The summed E-state index contributed by atoms with van der Waals surface area (Å²) in [5, 5.41) is 2.71. The van der Waals surface area contributed by atoms with Gasteiger partial charge in [0.05, 0.1) is 17.7 Å². The molecule has 4 rings (SSSR count). The van der Waals surface area contributed by atoms with Gasteiger partial charge in [-0.25, -0.2) is 8.42 Å². The fourth-order valence-electron chi connectivity index (χ4n) is 3.79. The summed E-state index contributed by atoms with van der Waals surface area (Å²) in [6.07, 6.45) is -0.0753. The summed E-state index contributed by atoms with van der Waals surface area (Å²) in [4.78, 5) is 26.2. The molecule has 1 atom stereocenters. The van der Waals surface area contributed by atoms with E-state index in [1.54, 1.807) is 42.3 Å². The molecule has 2 heterocycles. The van der Waals surface area contributed by atoms with Crippen LogP contribution in [0.25, 0.3) is 0 Å². The summed E-state index contributed by atoms with van der Waals surface area (Å²) in [5.74, 6) is 1.16. The van der Waals surface area contributed by atoms with Crippen molar-refractivity contribution in [1.29, 1.82) is 0 Å². The highest BCUT2D eigenvalue weighted by Crippen LogP contribution is 2.33. The van der Waals surface area contributed by atoms with Crippen molar-refractivity contribution in [3.63, 3.8) is 0 Å². The number of hydrogen-bond donors (Lipinski definition) is 1. The summed E-state index contributed by atoms with van der Waals surface area (Å²) >= 11 is 0. The summed E-state index contributed by atoms with van der Waals surface area (Å²) in [6.45, 7) is 2.54. The lowest BCUT2D eigenvalue weighted by Crippen LogP contribution is -2.51. The van der Waals surface area contributed by atoms with E-state index in [1.807, 2.05) is 6.92 Å². The molecule has 2 aromatic carbocycles. The van der Waals surface area contributed by atoms with Gasteiger partial charge < -0.3 is 24.4 Å². The first-order chi connectivity index (χ1) is 16.3. The zero-order valence-electron chi connectivity index (χ0n) is 19.0. The molecule has 34 heavy (non-hydrogen) atoms. The Balaban J connectivity index is 1.34. The quantitative estimate of drug-likeness (QED) is 0.630. The molecular formula is C23H27N3O7S. The Morgan fingerprint density at radius 3 is 2.41 bits per heavy atom. The second kappa shape index (κ2) is 9.90. The smallest absolute Gasteiger partial charge is 0.265 e. The maximum Gasteiger partial charge on any atom is 0.265 e. The van der Waals surface area contributed by atoms with Gasteiger partial charge >= 0.3 is 0 Å². The maximum atomic E-state index is 13.1. The maximum absolute atomic E-state index is 13.1. The minimum absolute atomic E-state index is 0.0627. The Hall–Kier alpha value is -3.31. The lowest BCUT2D eigenvalue weighted by Gasteiger charge is -2.34. The van der Waals surface area contributed by atoms with Crippen LogP contribution in [0.1, 0.15) is 13.3 Å². The standard InChI is InChI=1S/C23H27N3O7S/c1-3-20-23(28)24-19-14-18(8-9-21(19)33-20)34(29,30)26-12-10-25(11-13-26)22(27)15-32-17-6-4-16(31-2)5-7-17/h4-9,14,20H,3,10-13,15H2,1-2H3,(H,24,28)/t20-/m0/s1. The van der Waals surface area contributed by atoms with Gasteiger partial charge in [-0.15, -0.1) is 0 Å². The van der Waals surface area contributed by atoms with Gasteiger partial charge in [0, 0.05) is 26.2 Å². The van der Waals surface area contributed by atoms with Gasteiger partial charge in [0.1, 0.15) is 17.2 Å². The minimum atomic E-state index is -3.80. The number of hydrogen-bond acceptors (Lipinski definition) is 7. The van der Waals surface area contributed by atoms with Gasteiger partial charge in [0.25, 0.3) is 11.8 Å². The molecule has 2 aliphatic heterocycles. The first-order valence-corrected chi connectivity index (χ1v) is 12.4. The lowest BCUT2D eigenvalue weighted by molar-refractivity contribution is -0.134. The second-order valence-electron chi connectivity index (χ2n) is 7.91. The Labute approximate surface area is 198 Å². The normalized spacial score (nSPS) is 18.5. The van der Waals surface area contributed by atoms with Gasteiger partial charge in [-0.1, -0.05) is 6.92 Å². The average Bonchev–Trinajstić information content (AvgIpc) is 2.86. The molecule has 2 amide bonds. The van der Waals surface area contributed by atoms with E-state index in [1.165, 1.54) is 16.4 Å². The highest BCUT2D eigenvalue weighted by molar-refractivity contribution is 7.89. The zero-order chi connectivity index (χ0) is 24.3. The van der Waals surface area contributed by atoms with Gasteiger partial charge in [0.15, 0.2) is 12.7 Å². The van der Waals surface area contributed by atoms with Crippen molar-refractivity contribution in [1.82, 2.24) is 9.21 Å². The van der Waals surface area contributed by atoms with E-state index in [2.05, 4.69) is 5.32 Å². The third-order valence-corrected chi connectivity index (χ3v) is 7.69. The van der Waals surface area contributed by atoms with E-state index < -0.39 is 16.1 Å². The number of ether oxygens (including phenoxy) is 3. The van der Waals surface area contributed by atoms with Crippen molar-refractivity contribution in [3.05, 3.63) is 42.5 Å². The molecule has 1 N–H and O–H groups in total. The molecule has 182 valence electrons. The number of fused-ring (bicyclic) bond motifs is 1. The Kier molecular flexibility index (Phi) is 6.94. The summed E-state index contributed by atoms with van der Waals surface area (Å²) < 4.78 is 43.9. The van der Waals surface area contributed by atoms with E-state index in [0.29, 0.717) is 29.4 Å². The van der Waals surface area contributed by atoms with E-state index in [4.69, 9.17) is 14.2 Å². The number of sulfonamides is 1. The van der Waals surface area contributed by atoms with Crippen LogP contribution in [0.15, 0.2) is 47.4 Å². The van der Waals surface area contributed by atoms with Crippen molar-refractivity contribution in [2.75, 3.05) is 45.2 Å². The van der Waals surface area contributed by atoms with Crippen molar-refractivity contribution in [3.8, 4) is 17.2 Å². The molecular weight excluding hydrogens is 462 g/mol. The average molecular weight is 490 g/mol. The third-order valence-electron chi connectivity index (χ3n) is 5.79. The number of rotatable bonds is 7. The predicted octanol–water partition coefficient (Wildman–Crippen LogP) is 1.72. The van der Waals surface area contributed by atoms with Crippen LogP contribution >= 0.6 is 0 Å². The number of nitrogens with zero attached hydrogens (tertiary/aromatic N) is 2. The van der Waals surface area contributed by atoms with Gasteiger partial charge in [0.2, 0.25) is 10.0 Å². The highest BCUT2D eigenvalue weighted by Gasteiger charge is 2.32. The molecule has 0 aromatic heterocycles. The fraction of sp³-hybridized carbons (Fsp3) is 0.391. The molecule has 0 radical (unpaired) electrons. The van der Waals surface area contributed by atoms with E-state index in [0.717, 1.165) is 0 Å². The zero-order valence-corrected chi connectivity index (χ0v) is 19.8. The van der Waals surface area contributed by atoms with Crippen LogP contribution in [-0.4, -0.2) is 75.4 Å². The van der Waals surface area contributed by atoms with Crippen molar-refractivity contribution in [2.24, 2.45) is 0 Å². The number of anilines is 1. The molecule has 0 spiro atoms. The van der Waals surface area contributed by atoms with Gasteiger partial charge in [-0.05, 0) is 48.9 Å². The van der Waals surface area contributed by atoms with Crippen LogP contribution in [-0.2, 0) is 19.6 Å². The van der Waals surface area contributed by atoms with Crippen LogP contribution in [0, 0.1) is 0 Å².